The van der Waals surface area contributed by atoms with Gasteiger partial charge < -0.3 is 9.47 Å². The molecule has 2 atom stereocenters. The van der Waals surface area contributed by atoms with Crippen LogP contribution >= 0.6 is 0 Å². The second-order valence-corrected chi connectivity index (χ2v) is 11.7. The van der Waals surface area contributed by atoms with E-state index in [0.29, 0.717) is 0 Å². The first-order valence-electron chi connectivity index (χ1n) is 15.4. The molecule has 0 fully saturated rings. The van der Waals surface area contributed by atoms with E-state index >= 15 is 0 Å². The fraction of sp³-hybridized carbons (Fsp3) is 0.0476. The SMILES string of the molecule is C1=CC2C(c3ccccc3N2c2ccc(-c3ccc(-c4ccccc4)cc3)cc2)c2c1n(-c1ccccc1)c1ccccc21. The molecule has 0 saturated carbocycles. The van der Waals surface area contributed by atoms with Gasteiger partial charge in [0.25, 0.3) is 0 Å². The zero-order valence-electron chi connectivity index (χ0n) is 24.2. The molecule has 0 amide bonds. The van der Waals surface area contributed by atoms with Gasteiger partial charge >= 0.3 is 0 Å². The molecule has 2 heterocycles. The third kappa shape index (κ3) is 3.81. The minimum Gasteiger partial charge on any atom is -0.333 e. The second kappa shape index (κ2) is 10.00. The molecule has 0 saturated heterocycles. The van der Waals surface area contributed by atoms with E-state index in [1.165, 1.54) is 67.0 Å². The van der Waals surface area contributed by atoms with Crippen LogP contribution < -0.4 is 4.90 Å². The number of hydrogen-bond acceptors (Lipinski definition) is 1. The number of aromatic nitrogens is 1. The van der Waals surface area contributed by atoms with Crippen LogP contribution in [0.5, 0.6) is 0 Å². The van der Waals surface area contributed by atoms with Crippen molar-refractivity contribution in [1.82, 2.24) is 4.57 Å². The van der Waals surface area contributed by atoms with Crippen molar-refractivity contribution in [2.24, 2.45) is 0 Å². The normalized spacial score (nSPS) is 16.5. The van der Waals surface area contributed by atoms with E-state index in [0.717, 1.165) is 0 Å². The van der Waals surface area contributed by atoms with E-state index in [2.05, 4.69) is 179 Å². The summed E-state index contributed by atoms with van der Waals surface area (Å²) >= 11 is 0. The molecule has 1 aromatic heterocycles. The lowest BCUT2D eigenvalue weighted by Gasteiger charge is -2.31. The second-order valence-electron chi connectivity index (χ2n) is 11.7. The molecule has 2 heteroatoms. The number of hydrogen-bond donors (Lipinski definition) is 0. The lowest BCUT2D eigenvalue weighted by Crippen LogP contribution is -2.30. The fourth-order valence-electron chi connectivity index (χ4n) is 7.42. The third-order valence-electron chi connectivity index (χ3n) is 9.37. The van der Waals surface area contributed by atoms with Gasteiger partial charge in [0.05, 0.1) is 17.3 Å². The largest absolute Gasteiger partial charge is 0.333 e. The van der Waals surface area contributed by atoms with Gasteiger partial charge in [-0.25, -0.2) is 0 Å². The average Bonchev–Trinajstić information content (AvgIpc) is 3.62. The van der Waals surface area contributed by atoms with Crippen LogP contribution in [-0.4, -0.2) is 10.6 Å². The van der Waals surface area contributed by atoms with Crippen molar-refractivity contribution in [3.8, 4) is 27.9 Å². The van der Waals surface area contributed by atoms with Crippen molar-refractivity contribution >= 4 is 28.4 Å². The summed E-state index contributed by atoms with van der Waals surface area (Å²) in [6.45, 7) is 0. The Labute approximate surface area is 257 Å². The van der Waals surface area contributed by atoms with Crippen molar-refractivity contribution in [3.63, 3.8) is 0 Å². The number of nitrogens with zero attached hydrogens (tertiary/aromatic N) is 2. The van der Waals surface area contributed by atoms with E-state index in [4.69, 9.17) is 0 Å². The first-order valence-corrected chi connectivity index (χ1v) is 15.4. The van der Waals surface area contributed by atoms with Gasteiger partial charge in [0.15, 0.2) is 0 Å². The van der Waals surface area contributed by atoms with Crippen LogP contribution in [-0.2, 0) is 0 Å². The van der Waals surface area contributed by atoms with Crippen LogP contribution in [0.1, 0.15) is 22.7 Å². The summed E-state index contributed by atoms with van der Waals surface area (Å²) in [7, 11) is 0. The molecule has 2 nitrogen and oxygen atoms in total. The van der Waals surface area contributed by atoms with Crippen molar-refractivity contribution < 1.29 is 0 Å². The van der Waals surface area contributed by atoms with Crippen LogP contribution in [0.2, 0.25) is 0 Å². The molecule has 7 aromatic rings. The molecule has 1 aliphatic heterocycles. The molecule has 2 unspecified atom stereocenters. The molecule has 0 radical (unpaired) electrons. The Morgan fingerprint density at radius 3 is 1.75 bits per heavy atom. The van der Waals surface area contributed by atoms with Crippen LogP contribution in [0.15, 0.2) is 164 Å². The first-order chi connectivity index (χ1) is 21.8. The van der Waals surface area contributed by atoms with Crippen LogP contribution in [0.25, 0.3) is 44.9 Å². The van der Waals surface area contributed by atoms with Crippen molar-refractivity contribution in [2.75, 3.05) is 4.90 Å². The minimum atomic E-state index is 0.200. The molecule has 6 aromatic carbocycles. The van der Waals surface area contributed by atoms with Crippen LogP contribution in [0.4, 0.5) is 11.4 Å². The van der Waals surface area contributed by atoms with Crippen LogP contribution in [0, 0.1) is 0 Å². The first kappa shape index (κ1) is 24.9. The van der Waals surface area contributed by atoms with E-state index in [1.807, 2.05) is 0 Å². The number of rotatable bonds is 4. The lowest BCUT2D eigenvalue weighted by atomic mass is 9.82. The Kier molecular flexibility index (Phi) is 5.67. The Bertz CT molecular complexity index is 2150. The molecule has 1 aliphatic carbocycles. The predicted octanol–water partition coefficient (Wildman–Crippen LogP) is 10.6. The van der Waals surface area contributed by atoms with Crippen LogP contribution in [0.3, 0.4) is 0 Å². The van der Waals surface area contributed by atoms with Gasteiger partial charge in [0.1, 0.15) is 0 Å². The topological polar surface area (TPSA) is 8.17 Å². The fourth-order valence-corrected chi connectivity index (χ4v) is 7.42. The summed E-state index contributed by atoms with van der Waals surface area (Å²) in [6, 6.07) is 57.4. The maximum Gasteiger partial charge on any atom is 0.0637 e. The Morgan fingerprint density at radius 1 is 0.455 bits per heavy atom. The van der Waals surface area contributed by atoms with E-state index in [9.17, 15) is 0 Å². The maximum absolute atomic E-state index is 2.54. The summed E-state index contributed by atoms with van der Waals surface area (Å²) in [5.74, 6) is 0.242. The van der Waals surface area contributed by atoms with Crippen molar-refractivity contribution in [3.05, 3.63) is 181 Å². The summed E-state index contributed by atoms with van der Waals surface area (Å²) in [5, 5.41) is 1.33. The van der Waals surface area contributed by atoms with Crippen molar-refractivity contribution in [1.29, 1.82) is 0 Å². The van der Waals surface area contributed by atoms with Gasteiger partial charge in [0.2, 0.25) is 0 Å². The molecule has 208 valence electrons. The standard InChI is InChI=1S/C42H30N2/c1-3-11-29(12-4-1)30-19-21-31(22-20-30)32-23-25-34(26-24-32)44-38-18-10-8-16-36(38)42-40(44)28-27-39-41(42)35-15-7-9-17-37(35)43(39)33-13-5-2-6-14-33/h1-28,40,42H. The van der Waals surface area contributed by atoms with Gasteiger partial charge in [0, 0.05) is 28.4 Å². The van der Waals surface area contributed by atoms with Gasteiger partial charge in [-0.3, -0.25) is 0 Å². The molecule has 2 aliphatic rings. The Balaban J connectivity index is 1.12. The monoisotopic (exact) mass is 562 g/mol. The number of benzene rings is 6. The minimum absolute atomic E-state index is 0.200. The van der Waals surface area contributed by atoms with E-state index in [1.54, 1.807) is 0 Å². The van der Waals surface area contributed by atoms with Crippen molar-refractivity contribution in [2.45, 2.75) is 12.0 Å². The quantitative estimate of drug-likeness (QED) is 0.207. The summed E-state index contributed by atoms with van der Waals surface area (Å²) in [5.41, 5.74) is 14.0. The predicted molar refractivity (Wildman–Crippen MR) is 184 cm³/mol. The van der Waals surface area contributed by atoms with E-state index in [-0.39, 0.29) is 12.0 Å². The summed E-state index contributed by atoms with van der Waals surface area (Å²) in [6.07, 6.45) is 4.77. The molecule has 9 rings (SSSR count). The summed E-state index contributed by atoms with van der Waals surface area (Å²) in [4.78, 5) is 2.54. The van der Waals surface area contributed by atoms with Gasteiger partial charge in [-0.15, -0.1) is 0 Å². The molecule has 0 spiro atoms. The Morgan fingerprint density at radius 2 is 1.02 bits per heavy atom. The summed E-state index contributed by atoms with van der Waals surface area (Å²) < 4.78 is 2.43. The molecule has 44 heavy (non-hydrogen) atoms. The molecular weight excluding hydrogens is 532 g/mol. The number of anilines is 2. The Hall–Kier alpha value is -5.60. The average molecular weight is 563 g/mol. The lowest BCUT2D eigenvalue weighted by molar-refractivity contribution is 0.725. The highest BCUT2D eigenvalue weighted by Crippen LogP contribution is 2.53. The highest BCUT2D eigenvalue weighted by molar-refractivity contribution is 5.94. The van der Waals surface area contributed by atoms with Gasteiger partial charge in [-0.2, -0.15) is 0 Å². The molecule has 0 N–H and O–H groups in total. The zero-order valence-corrected chi connectivity index (χ0v) is 24.2. The highest BCUT2D eigenvalue weighted by Gasteiger charge is 2.43. The van der Waals surface area contributed by atoms with Gasteiger partial charge in [-0.1, -0.05) is 127 Å². The zero-order chi connectivity index (χ0) is 29.0. The smallest absolute Gasteiger partial charge is 0.0637 e. The maximum atomic E-state index is 2.54. The number of fused-ring (bicyclic) bond motifs is 7. The van der Waals surface area contributed by atoms with Gasteiger partial charge in [-0.05, 0) is 75.9 Å². The molecular formula is C42H30N2. The van der Waals surface area contributed by atoms with E-state index < -0.39 is 0 Å². The number of para-hydroxylation sites is 3. The highest BCUT2D eigenvalue weighted by atomic mass is 15.2. The third-order valence-corrected chi connectivity index (χ3v) is 9.37. The molecule has 0 bridgehead atoms.